The quantitative estimate of drug-likeness (QED) is 0.480. The van der Waals surface area contributed by atoms with E-state index in [2.05, 4.69) is 32.5 Å². The Morgan fingerprint density at radius 1 is 0.667 bits per heavy atom. The third kappa shape index (κ3) is 3.81. The van der Waals surface area contributed by atoms with Crippen molar-refractivity contribution < 1.29 is 0 Å². The molecule has 30 heavy (non-hydrogen) atoms. The number of fused-ring (bicyclic) bond motifs is 2. The molecule has 6 nitrogen and oxygen atoms in total. The molecule has 148 valence electrons. The lowest BCUT2D eigenvalue weighted by Crippen LogP contribution is -2.27. The fourth-order valence-electron chi connectivity index (χ4n) is 4.06. The van der Waals surface area contributed by atoms with Crippen LogP contribution in [-0.4, -0.2) is 44.9 Å². The summed E-state index contributed by atoms with van der Waals surface area (Å²) in [6.45, 7) is 0. The Bertz CT molecular complexity index is 1120. The minimum Gasteiger partial charge on any atom is -0.285 e. The monoisotopic (exact) mass is 394 g/mol. The Morgan fingerprint density at radius 2 is 1.13 bits per heavy atom. The molecule has 0 spiro atoms. The summed E-state index contributed by atoms with van der Waals surface area (Å²) in [5.74, 6) is 0. The summed E-state index contributed by atoms with van der Waals surface area (Å²) in [7, 11) is 0. The van der Waals surface area contributed by atoms with Gasteiger partial charge < -0.3 is 0 Å². The van der Waals surface area contributed by atoms with Gasteiger partial charge in [0.2, 0.25) is 0 Å². The highest BCUT2D eigenvalue weighted by molar-refractivity contribution is 5.98. The molecule has 2 atom stereocenters. The molecule has 0 radical (unpaired) electrons. The predicted octanol–water partition coefficient (Wildman–Crippen LogP) is 4.42. The van der Waals surface area contributed by atoms with Crippen molar-refractivity contribution in [2.45, 2.75) is 37.8 Å². The second kappa shape index (κ2) is 8.45. The predicted molar refractivity (Wildman–Crippen MR) is 120 cm³/mol. The minimum absolute atomic E-state index is 0.138. The van der Waals surface area contributed by atoms with Crippen molar-refractivity contribution in [1.82, 2.24) is 20.4 Å². The van der Waals surface area contributed by atoms with Gasteiger partial charge >= 0.3 is 0 Å². The summed E-state index contributed by atoms with van der Waals surface area (Å²) >= 11 is 0. The van der Waals surface area contributed by atoms with Gasteiger partial charge in [0.1, 0.15) is 11.4 Å². The molecule has 2 aromatic heterocycles. The summed E-state index contributed by atoms with van der Waals surface area (Å²) in [6.07, 6.45) is 11.7. The first kappa shape index (κ1) is 18.5. The van der Waals surface area contributed by atoms with E-state index < -0.39 is 0 Å². The maximum Gasteiger partial charge on any atom is 0.111 e. The number of nitrogens with zero attached hydrogens (tertiary/aromatic N) is 6. The molecule has 2 aromatic carbocycles. The zero-order chi connectivity index (χ0) is 20.2. The molecule has 6 heteroatoms. The summed E-state index contributed by atoms with van der Waals surface area (Å²) in [4.78, 5) is 9.76. The summed E-state index contributed by atoms with van der Waals surface area (Å²) in [6, 6.07) is 16.5. The van der Waals surface area contributed by atoms with E-state index in [1.165, 1.54) is 12.8 Å². The van der Waals surface area contributed by atoms with Crippen molar-refractivity contribution >= 4 is 34.0 Å². The molecule has 2 heterocycles. The highest BCUT2D eigenvalue weighted by Crippen LogP contribution is 2.25. The zero-order valence-corrected chi connectivity index (χ0v) is 16.6. The molecule has 4 aromatic rings. The topological polar surface area (TPSA) is 76.3 Å². The van der Waals surface area contributed by atoms with Crippen molar-refractivity contribution in [3.8, 4) is 0 Å². The maximum absolute atomic E-state index is 4.88. The van der Waals surface area contributed by atoms with Gasteiger partial charge in [-0.25, -0.2) is 0 Å². The van der Waals surface area contributed by atoms with E-state index in [0.717, 1.165) is 45.8 Å². The maximum atomic E-state index is 4.88. The summed E-state index contributed by atoms with van der Waals surface area (Å²) < 4.78 is 0. The van der Waals surface area contributed by atoms with E-state index in [4.69, 9.17) is 9.98 Å². The molecule has 0 amide bonds. The molecular weight excluding hydrogens is 372 g/mol. The van der Waals surface area contributed by atoms with Gasteiger partial charge in [-0.15, -0.1) is 10.2 Å². The Labute approximate surface area is 174 Å². The molecule has 1 aliphatic rings. The van der Waals surface area contributed by atoms with E-state index in [1.54, 1.807) is 12.4 Å². The van der Waals surface area contributed by atoms with Crippen LogP contribution in [0.25, 0.3) is 21.5 Å². The van der Waals surface area contributed by atoms with Crippen molar-refractivity contribution in [3.63, 3.8) is 0 Å². The molecule has 0 saturated heterocycles. The number of aromatic nitrogens is 4. The van der Waals surface area contributed by atoms with Gasteiger partial charge in [-0.2, -0.15) is 10.2 Å². The first-order valence-electron chi connectivity index (χ1n) is 10.4. The van der Waals surface area contributed by atoms with Crippen LogP contribution in [0.1, 0.15) is 37.1 Å². The number of hydrogen-bond donors (Lipinski definition) is 0. The van der Waals surface area contributed by atoms with Crippen LogP contribution in [0.4, 0.5) is 0 Å². The molecular formula is C24H22N6. The first-order chi connectivity index (χ1) is 14.9. The van der Waals surface area contributed by atoms with E-state index in [0.29, 0.717) is 0 Å². The van der Waals surface area contributed by atoms with Crippen molar-refractivity contribution in [2.24, 2.45) is 9.98 Å². The molecule has 0 N–H and O–H groups in total. The summed E-state index contributed by atoms with van der Waals surface area (Å²) in [5, 5.41) is 21.1. The third-order valence-electron chi connectivity index (χ3n) is 5.67. The van der Waals surface area contributed by atoms with E-state index in [-0.39, 0.29) is 12.1 Å². The zero-order valence-electron chi connectivity index (χ0n) is 16.6. The van der Waals surface area contributed by atoms with E-state index >= 15 is 0 Å². The minimum atomic E-state index is 0.138. The van der Waals surface area contributed by atoms with Gasteiger partial charge in [0.25, 0.3) is 0 Å². The molecule has 2 unspecified atom stereocenters. The van der Waals surface area contributed by atoms with Gasteiger partial charge in [0.05, 0.1) is 24.5 Å². The Hall–Kier alpha value is -3.54. The normalized spacial score (nSPS) is 19.9. The van der Waals surface area contributed by atoms with Gasteiger partial charge in [-0.3, -0.25) is 9.98 Å². The molecule has 1 aliphatic carbocycles. The fraction of sp³-hybridized carbons (Fsp3) is 0.250. The molecule has 1 saturated carbocycles. The van der Waals surface area contributed by atoms with Gasteiger partial charge in [-0.1, -0.05) is 61.4 Å². The van der Waals surface area contributed by atoms with Crippen LogP contribution in [-0.2, 0) is 0 Å². The van der Waals surface area contributed by atoms with Crippen molar-refractivity contribution in [2.75, 3.05) is 0 Å². The largest absolute Gasteiger partial charge is 0.285 e. The highest BCUT2D eigenvalue weighted by Gasteiger charge is 2.23. The lowest BCUT2D eigenvalue weighted by atomic mass is 9.91. The van der Waals surface area contributed by atoms with Crippen LogP contribution < -0.4 is 0 Å². The van der Waals surface area contributed by atoms with Crippen LogP contribution in [0.2, 0.25) is 0 Å². The molecule has 0 bridgehead atoms. The number of rotatable bonds is 4. The van der Waals surface area contributed by atoms with Crippen LogP contribution in [0.3, 0.4) is 0 Å². The Morgan fingerprint density at radius 3 is 1.63 bits per heavy atom. The highest BCUT2D eigenvalue weighted by atomic mass is 15.1. The van der Waals surface area contributed by atoms with Crippen LogP contribution >= 0.6 is 0 Å². The van der Waals surface area contributed by atoms with Gasteiger partial charge in [-0.05, 0) is 12.8 Å². The lowest BCUT2D eigenvalue weighted by Gasteiger charge is -2.25. The SMILES string of the molecule is C(=N/C1CCCCC1/N=C\c1nncc2ccccc12)/c1nncc2ccccc12. The Kier molecular flexibility index (Phi) is 5.21. The standard InChI is InChI=1S/C24H22N6/c1-3-9-19-17(7-1)13-27-29-23(19)15-25-21-11-5-6-12-22(21)26-16-24-20-10-4-2-8-18(20)14-28-30-24/h1-4,7-10,13-16,21-22H,5-6,11-12H2/b25-15-,26-16-. The first-order valence-corrected chi connectivity index (χ1v) is 10.4. The van der Waals surface area contributed by atoms with Gasteiger partial charge in [0.15, 0.2) is 0 Å². The Balaban J connectivity index is 1.40. The molecule has 1 fully saturated rings. The van der Waals surface area contributed by atoms with Crippen LogP contribution in [0, 0.1) is 0 Å². The second-order valence-electron chi connectivity index (χ2n) is 7.61. The number of hydrogen-bond acceptors (Lipinski definition) is 6. The van der Waals surface area contributed by atoms with Crippen LogP contribution in [0.5, 0.6) is 0 Å². The smallest absolute Gasteiger partial charge is 0.111 e. The van der Waals surface area contributed by atoms with Gasteiger partial charge in [0, 0.05) is 34.0 Å². The van der Waals surface area contributed by atoms with Crippen molar-refractivity contribution in [3.05, 3.63) is 72.3 Å². The number of benzene rings is 2. The molecule has 5 rings (SSSR count). The van der Waals surface area contributed by atoms with E-state index in [9.17, 15) is 0 Å². The third-order valence-corrected chi connectivity index (χ3v) is 5.67. The number of aliphatic imine (C=N–C) groups is 2. The fourth-order valence-corrected chi connectivity index (χ4v) is 4.06. The summed E-state index contributed by atoms with van der Waals surface area (Å²) in [5.41, 5.74) is 1.61. The second-order valence-corrected chi connectivity index (χ2v) is 7.61. The molecule has 0 aliphatic heterocycles. The average molecular weight is 394 g/mol. The lowest BCUT2D eigenvalue weighted by molar-refractivity contribution is 0.390. The van der Waals surface area contributed by atoms with E-state index in [1.807, 2.05) is 48.8 Å². The van der Waals surface area contributed by atoms with Crippen LogP contribution in [0.15, 0.2) is 70.9 Å². The average Bonchev–Trinajstić information content (AvgIpc) is 2.82. The van der Waals surface area contributed by atoms with Crippen molar-refractivity contribution in [1.29, 1.82) is 0 Å².